The van der Waals surface area contributed by atoms with Crippen molar-refractivity contribution < 1.29 is 19.2 Å². The van der Waals surface area contributed by atoms with Crippen molar-refractivity contribution >= 4 is 23.6 Å². The Labute approximate surface area is 211 Å². The molecule has 0 aromatic rings. The molecule has 3 atom stereocenters. The molecule has 35 heavy (non-hydrogen) atoms. The SMILES string of the molecule is CCCCCCCCC[C@@H]1CC(=O)NCC(=O)N[C@@H](CCCCN)C(=O)N[C@@H](CC(C)C)C(=O)N1. The second-order valence-electron chi connectivity index (χ2n) is 10.2. The summed E-state index contributed by atoms with van der Waals surface area (Å²) in [5.74, 6) is -1.19. The van der Waals surface area contributed by atoms with Crippen LogP contribution in [-0.4, -0.2) is 54.8 Å². The fourth-order valence-electron chi connectivity index (χ4n) is 4.33. The van der Waals surface area contributed by atoms with Gasteiger partial charge in [-0.3, -0.25) is 19.2 Å². The van der Waals surface area contributed by atoms with Crippen LogP contribution >= 0.6 is 0 Å². The summed E-state index contributed by atoms with van der Waals surface area (Å²) < 4.78 is 0. The third-order valence-corrected chi connectivity index (χ3v) is 6.32. The van der Waals surface area contributed by atoms with Crippen molar-refractivity contribution in [2.45, 2.75) is 122 Å². The number of hydrogen-bond donors (Lipinski definition) is 5. The minimum Gasteiger partial charge on any atom is -0.351 e. The van der Waals surface area contributed by atoms with E-state index in [1.54, 1.807) is 0 Å². The fourth-order valence-corrected chi connectivity index (χ4v) is 4.33. The zero-order chi connectivity index (χ0) is 26.1. The van der Waals surface area contributed by atoms with Crippen molar-refractivity contribution in [2.75, 3.05) is 13.1 Å². The fraction of sp³-hybridized carbons (Fsp3) is 0.846. The van der Waals surface area contributed by atoms with Gasteiger partial charge in [0, 0.05) is 12.5 Å². The van der Waals surface area contributed by atoms with E-state index in [-0.39, 0.29) is 42.6 Å². The Morgan fingerprint density at radius 1 is 0.771 bits per heavy atom. The van der Waals surface area contributed by atoms with Gasteiger partial charge in [-0.25, -0.2) is 0 Å². The topological polar surface area (TPSA) is 142 Å². The van der Waals surface area contributed by atoms with E-state index in [2.05, 4.69) is 28.2 Å². The summed E-state index contributed by atoms with van der Waals surface area (Å²) in [5.41, 5.74) is 5.57. The number of hydrogen-bond acceptors (Lipinski definition) is 5. The Hall–Kier alpha value is -2.16. The van der Waals surface area contributed by atoms with E-state index in [0.29, 0.717) is 32.2 Å². The smallest absolute Gasteiger partial charge is 0.243 e. The summed E-state index contributed by atoms with van der Waals surface area (Å²) in [7, 11) is 0. The molecule has 1 aliphatic rings. The van der Waals surface area contributed by atoms with Crippen LogP contribution in [0.1, 0.15) is 104 Å². The van der Waals surface area contributed by atoms with Crippen molar-refractivity contribution in [1.82, 2.24) is 21.3 Å². The van der Waals surface area contributed by atoms with E-state index in [4.69, 9.17) is 5.73 Å². The lowest BCUT2D eigenvalue weighted by atomic mass is 9.99. The van der Waals surface area contributed by atoms with Gasteiger partial charge < -0.3 is 27.0 Å². The molecule has 0 saturated carbocycles. The first kappa shape index (κ1) is 30.9. The van der Waals surface area contributed by atoms with Gasteiger partial charge in [-0.1, -0.05) is 65.7 Å². The molecule has 1 heterocycles. The van der Waals surface area contributed by atoms with E-state index < -0.39 is 18.0 Å². The number of unbranched alkanes of at least 4 members (excludes halogenated alkanes) is 7. The Kier molecular flexibility index (Phi) is 16.0. The minimum atomic E-state index is -0.780. The maximum absolute atomic E-state index is 13.2. The van der Waals surface area contributed by atoms with Gasteiger partial charge in [0.05, 0.1) is 6.54 Å². The molecule has 0 spiro atoms. The van der Waals surface area contributed by atoms with Crippen LogP contribution in [-0.2, 0) is 19.2 Å². The highest BCUT2D eigenvalue weighted by molar-refractivity contribution is 5.93. The third kappa shape index (κ3) is 14.1. The predicted octanol–water partition coefficient (Wildman–Crippen LogP) is 2.28. The molecular weight excluding hydrogens is 446 g/mol. The first-order chi connectivity index (χ1) is 16.8. The molecule has 6 N–H and O–H groups in total. The Morgan fingerprint density at radius 3 is 2.06 bits per heavy atom. The lowest BCUT2D eigenvalue weighted by Gasteiger charge is -2.26. The number of rotatable bonds is 14. The first-order valence-electron chi connectivity index (χ1n) is 13.6. The second-order valence-corrected chi connectivity index (χ2v) is 10.2. The average molecular weight is 496 g/mol. The first-order valence-corrected chi connectivity index (χ1v) is 13.6. The maximum Gasteiger partial charge on any atom is 0.243 e. The van der Waals surface area contributed by atoms with Gasteiger partial charge in [-0.05, 0) is 44.6 Å². The maximum atomic E-state index is 13.2. The normalized spacial score (nSPS) is 22.4. The molecule has 0 aromatic carbocycles. The molecular formula is C26H49N5O4. The van der Waals surface area contributed by atoms with Crippen LogP contribution < -0.4 is 27.0 Å². The van der Waals surface area contributed by atoms with Crippen LogP contribution in [0.15, 0.2) is 0 Å². The zero-order valence-corrected chi connectivity index (χ0v) is 22.1. The summed E-state index contributed by atoms with van der Waals surface area (Å²) in [5, 5.41) is 11.2. The molecule has 0 unspecified atom stereocenters. The molecule has 0 radical (unpaired) electrons. The zero-order valence-electron chi connectivity index (χ0n) is 22.1. The van der Waals surface area contributed by atoms with E-state index in [0.717, 1.165) is 25.7 Å². The average Bonchev–Trinajstić information content (AvgIpc) is 2.80. The van der Waals surface area contributed by atoms with Gasteiger partial charge in [-0.15, -0.1) is 0 Å². The minimum absolute atomic E-state index is 0.108. The van der Waals surface area contributed by atoms with Crippen LogP contribution in [0.4, 0.5) is 0 Å². The van der Waals surface area contributed by atoms with Gasteiger partial charge in [0.15, 0.2) is 0 Å². The molecule has 1 saturated heterocycles. The number of amides is 4. The Balaban J connectivity index is 2.90. The number of carbonyl (C=O) groups is 4. The summed E-state index contributed by atoms with van der Waals surface area (Å²) in [4.78, 5) is 51.2. The highest BCUT2D eigenvalue weighted by Crippen LogP contribution is 2.13. The van der Waals surface area contributed by atoms with Crippen molar-refractivity contribution in [3.05, 3.63) is 0 Å². The molecule has 1 aliphatic heterocycles. The second kappa shape index (κ2) is 18.2. The van der Waals surface area contributed by atoms with Gasteiger partial charge in [0.1, 0.15) is 12.1 Å². The van der Waals surface area contributed by atoms with E-state index in [1.165, 1.54) is 25.7 Å². The lowest BCUT2D eigenvalue weighted by molar-refractivity contribution is -0.132. The van der Waals surface area contributed by atoms with Crippen LogP contribution in [0.2, 0.25) is 0 Å². The number of carbonyl (C=O) groups excluding carboxylic acids is 4. The van der Waals surface area contributed by atoms with Gasteiger partial charge in [0.25, 0.3) is 0 Å². The Morgan fingerprint density at radius 2 is 1.40 bits per heavy atom. The van der Waals surface area contributed by atoms with Crippen molar-refractivity contribution in [3.63, 3.8) is 0 Å². The summed E-state index contributed by atoms with van der Waals surface area (Å²) in [6, 6.07) is -1.84. The van der Waals surface area contributed by atoms with Crippen molar-refractivity contribution in [3.8, 4) is 0 Å². The largest absolute Gasteiger partial charge is 0.351 e. The van der Waals surface area contributed by atoms with E-state index in [1.807, 2.05) is 13.8 Å². The van der Waals surface area contributed by atoms with Crippen molar-refractivity contribution in [1.29, 1.82) is 0 Å². The van der Waals surface area contributed by atoms with Gasteiger partial charge in [0.2, 0.25) is 23.6 Å². The van der Waals surface area contributed by atoms with Crippen LogP contribution in [0.5, 0.6) is 0 Å². The summed E-state index contributed by atoms with van der Waals surface area (Å²) in [6.07, 6.45) is 11.1. The molecule has 1 fully saturated rings. The predicted molar refractivity (Wildman–Crippen MR) is 138 cm³/mol. The van der Waals surface area contributed by atoms with Crippen LogP contribution in [0, 0.1) is 5.92 Å². The highest BCUT2D eigenvalue weighted by Gasteiger charge is 2.29. The van der Waals surface area contributed by atoms with Crippen LogP contribution in [0.25, 0.3) is 0 Å². The third-order valence-electron chi connectivity index (χ3n) is 6.32. The molecule has 202 valence electrons. The lowest BCUT2D eigenvalue weighted by Crippen LogP contribution is -2.55. The number of nitrogens with one attached hydrogen (secondary N) is 4. The van der Waals surface area contributed by atoms with Gasteiger partial charge in [-0.2, -0.15) is 0 Å². The summed E-state index contributed by atoms with van der Waals surface area (Å²) >= 11 is 0. The van der Waals surface area contributed by atoms with Crippen molar-refractivity contribution in [2.24, 2.45) is 11.7 Å². The summed E-state index contributed by atoms with van der Waals surface area (Å²) in [6.45, 7) is 6.47. The standard InChI is InChI=1S/C26H49N5O4/c1-4-5-6-7-8-9-10-13-20-17-23(32)28-18-24(33)30-21(14-11-12-15-27)25(34)31-22(16-19(2)3)26(35)29-20/h19-22H,4-18,27H2,1-3H3,(H,28,32)(H,29,35)(H,30,33)(H,31,34)/t20-,21+,22+/m1/s1. The molecule has 0 aliphatic carbocycles. The molecule has 1 rings (SSSR count). The molecule has 0 bridgehead atoms. The van der Waals surface area contributed by atoms with Crippen LogP contribution in [0.3, 0.4) is 0 Å². The molecule has 4 amide bonds. The number of nitrogens with two attached hydrogens (primary N) is 1. The molecule has 9 nitrogen and oxygen atoms in total. The van der Waals surface area contributed by atoms with Gasteiger partial charge >= 0.3 is 0 Å². The monoisotopic (exact) mass is 495 g/mol. The van der Waals surface area contributed by atoms with E-state index >= 15 is 0 Å². The Bertz CT molecular complexity index is 656. The highest BCUT2D eigenvalue weighted by atomic mass is 16.2. The molecule has 9 heteroatoms. The quantitative estimate of drug-likeness (QED) is 0.235. The molecule has 0 aromatic heterocycles. The van der Waals surface area contributed by atoms with E-state index in [9.17, 15) is 19.2 Å².